The van der Waals surface area contributed by atoms with E-state index in [4.69, 9.17) is 0 Å². The van der Waals surface area contributed by atoms with Crippen LogP contribution in [0.1, 0.15) is 0 Å². The Morgan fingerprint density at radius 3 is 2.26 bits per heavy atom. The summed E-state index contributed by atoms with van der Waals surface area (Å²) in [4.78, 5) is 0.665. The smallest absolute Gasteiger partial charge is 0.248 e. The van der Waals surface area contributed by atoms with Crippen molar-refractivity contribution in [2.24, 2.45) is 0 Å². The first-order valence-electron chi connectivity index (χ1n) is 5.42. The third-order valence-corrected chi connectivity index (χ3v) is 7.50. The molecule has 0 fully saturated rings. The van der Waals surface area contributed by atoms with Crippen LogP contribution < -0.4 is 0 Å². The van der Waals surface area contributed by atoms with Crippen LogP contribution in [0.5, 0.6) is 0 Å². The molecule has 2 rings (SSSR count). The summed E-state index contributed by atoms with van der Waals surface area (Å²) in [5.74, 6) is 0. The molecular weight excluding hydrogens is 302 g/mol. The molecule has 1 aromatic carbocycles. The minimum atomic E-state index is -3.45. The molecule has 0 radical (unpaired) electrons. The average molecular weight is 315 g/mol. The van der Waals surface area contributed by atoms with Crippen LogP contribution in [0.4, 0.5) is 0 Å². The van der Waals surface area contributed by atoms with E-state index in [2.05, 4.69) is 0 Å². The summed E-state index contributed by atoms with van der Waals surface area (Å²) >= 11 is 1.04. The molecule has 0 aliphatic carbocycles. The van der Waals surface area contributed by atoms with Crippen molar-refractivity contribution in [1.29, 1.82) is 0 Å². The highest BCUT2D eigenvalue weighted by atomic mass is 32.3. The zero-order chi connectivity index (χ0) is 14.0. The van der Waals surface area contributed by atoms with Gasteiger partial charge in [0.2, 0.25) is 0 Å². The minimum absolute atomic E-state index is 0.205. The molecule has 1 unspecified atom stereocenters. The average Bonchev–Trinajstić information content (AvgIpc) is 2.89. The topological polar surface area (TPSA) is 54.5 Å². The first kappa shape index (κ1) is 14.4. The number of benzene rings is 1. The molecule has 2 aromatic rings. The van der Waals surface area contributed by atoms with E-state index in [0.29, 0.717) is 9.10 Å². The molecule has 102 valence electrons. The van der Waals surface area contributed by atoms with Crippen LogP contribution in [0, 0.1) is 0 Å². The number of sulfonamides is 1. The van der Waals surface area contributed by atoms with Crippen LogP contribution >= 0.6 is 11.3 Å². The standard InChI is InChI=1S/C12H13NO3S3/c1-13(2)19(15,16)12-9-8-11(17-12)18(14)10-6-4-3-5-7-10/h3-9H,1-2H3. The number of nitrogens with zero attached hydrogens (tertiary/aromatic N) is 1. The van der Waals surface area contributed by atoms with Gasteiger partial charge in [0.1, 0.15) is 4.21 Å². The monoisotopic (exact) mass is 315 g/mol. The zero-order valence-electron chi connectivity index (χ0n) is 10.4. The third-order valence-electron chi connectivity index (χ3n) is 2.43. The maximum atomic E-state index is 12.3. The number of thiophene rings is 1. The number of rotatable bonds is 4. The van der Waals surface area contributed by atoms with Gasteiger partial charge in [-0.25, -0.2) is 16.9 Å². The van der Waals surface area contributed by atoms with Gasteiger partial charge in [0.25, 0.3) is 10.0 Å². The SMILES string of the molecule is CN(C)S(=O)(=O)c1ccc(S(=O)c2ccccc2)s1. The van der Waals surface area contributed by atoms with Gasteiger partial charge in [-0.2, -0.15) is 0 Å². The van der Waals surface area contributed by atoms with E-state index >= 15 is 0 Å². The van der Waals surface area contributed by atoms with Crippen molar-refractivity contribution in [3.63, 3.8) is 0 Å². The van der Waals surface area contributed by atoms with Gasteiger partial charge in [-0.15, -0.1) is 11.3 Å². The number of hydrogen-bond donors (Lipinski definition) is 0. The second-order valence-electron chi connectivity index (χ2n) is 3.94. The van der Waals surface area contributed by atoms with Gasteiger partial charge in [0.15, 0.2) is 0 Å². The first-order valence-corrected chi connectivity index (χ1v) is 8.83. The van der Waals surface area contributed by atoms with E-state index in [9.17, 15) is 12.6 Å². The Bertz CT molecular complexity index is 690. The number of hydrogen-bond acceptors (Lipinski definition) is 4. The molecule has 4 nitrogen and oxygen atoms in total. The van der Waals surface area contributed by atoms with E-state index in [1.165, 1.54) is 20.2 Å². The minimum Gasteiger partial charge on any atom is -0.248 e. The van der Waals surface area contributed by atoms with E-state index in [-0.39, 0.29) is 4.21 Å². The zero-order valence-corrected chi connectivity index (χ0v) is 12.9. The Kier molecular flexibility index (Phi) is 4.19. The van der Waals surface area contributed by atoms with Gasteiger partial charge in [-0.05, 0) is 24.3 Å². The lowest BCUT2D eigenvalue weighted by atomic mass is 10.4. The highest BCUT2D eigenvalue weighted by molar-refractivity contribution is 7.92. The second kappa shape index (κ2) is 5.54. The molecular formula is C12H13NO3S3. The molecule has 1 aromatic heterocycles. The molecule has 19 heavy (non-hydrogen) atoms. The van der Waals surface area contributed by atoms with Gasteiger partial charge in [-0.1, -0.05) is 18.2 Å². The second-order valence-corrected chi connectivity index (χ2v) is 9.11. The van der Waals surface area contributed by atoms with Crippen molar-refractivity contribution in [2.75, 3.05) is 14.1 Å². The van der Waals surface area contributed by atoms with E-state index in [0.717, 1.165) is 15.6 Å². The summed E-state index contributed by atoms with van der Waals surface area (Å²) in [7, 11) is -1.84. The summed E-state index contributed by atoms with van der Waals surface area (Å²) in [6.07, 6.45) is 0. The van der Waals surface area contributed by atoms with Crippen molar-refractivity contribution in [3.8, 4) is 0 Å². The molecule has 0 N–H and O–H groups in total. The largest absolute Gasteiger partial charge is 0.252 e. The fourth-order valence-electron chi connectivity index (χ4n) is 1.38. The maximum Gasteiger partial charge on any atom is 0.252 e. The summed E-state index contributed by atoms with van der Waals surface area (Å²) in [5, 5.41) is 0. The van der Waals surface area contributed by atoms with E-state index in [1.54, 1.807) is 30.3 Å². The van der Waals surface area contributed by atoms with Crippen LogP contribution in [-0.2, 0) is 20.8 Å². The van der Waals surface area contributed by atoms with Gasteiger partial charge >= 0.3 is 0 Å². The maximum absolute atomic E-state index is 12.3. The van der Waals surface area contributed by atoms with Crippen LogP contribution in [0.15, 0.2) is 55.8 Å². The molecule has 0 aliphatic rings. The van der Waals surface area contributed by atoms with Crippen LogP contribution in [-0.4, -0.2) is 31.0 Å². The quantitative estimate of drug-likeness (QED) is 0.869. The molecule has 7 heteroatoms. The highest BCUT2D eigenvalue weighted by Gasteiger charge is 2.21. The molecule has 0 aliphatic heterocycles. The van der Waals surface area contributed by atoms with E-state index in [1.807, 2.05) is 6.07 Å². The lowest BCUT2D eigenvalue weighted by Gasteiger charge is -2.08. The Hall–Kier alpha value is -1.02. The summed E-state index contributed by atoms with van der Waals surface area (Å²) < 4.78 is 38.0. The molecule has 0 bridgehead atoms. The van der Waals surface area contributed by atoms with Crippen LogP contribution in [0.3, 0.4) is 0 Å². The normalized spacial score (nSPS) is 13.6. The Balaban J connectivity index is 2.35. The summed E-state index contributed by atoms with van der Waals surface area (Å²) in [6.45, 7) is 0. The Morgan fingerprint density at radius 1 is 1.05 bits per heavy atom. The molecule has 0 spiro atoms. The molecule has 1 atom stereocenters. The molecule has 0 saturated carbocycles. The lowest BCUT2D eigenvalue weighted by molar-refractivity contribution is 0.523. The third kappa shape index (κ3) is 2.94. The Morgan fingerprint density at radius 2 is 1.68 bits per heavy atom. The van der Waals surface area contributed by atoms with E-state index < -0.39 is 20.8 Å². The predicted molar refractivity (Wildman–Crippen MR) is 76.3 cm³/mol. The van der Waals surface area contributed by atoms with Crippen LogP contribution in [0.2, 0.25) is 0 Å². The van der Waals surface area contributed by atoms with Crippen LogP contribution in [0.25, 0.3) is 0 Å². The molecule has 0 saturated heterocycles. The van der Waals surface area contributed by atoms with Gasteiger partial charge in [0, 0.05) is 19.0 Å². The van der Waals surface area contributed by atoms with Gasteiger partial charge < -0.3 is 0 Å². The first-order chi connectivity index (χ1) is 8.93. The van der Waals surface area contributed by atoms with Gasteiger partial charge in [-0.3, -0.25) is 0 Å². The molecule has 0 amide bonds. The lowest BCUT2D eigenvalue weighted by Crippen LogP contribution is -2.21. The molecule has 1 heterocycles. The fraction of sp³-hybridized carbons (Fsp3) is 0.167. The van der Waals surface area contributed by atoms with Gasteiger partial charge in [0.05, 0.1) is 15.0 Å². The predicted octanol–water partition coefficient (Wildman–Crippen LogP) is 2.17. The Labute approximate surface area is 119 Å². The summed E-state index contributed by atoms with van der Waals surface area (Å²) in [5.41, 5.74) is 0. The van der Waals surface area contributed by atoms with Crippen molar-refractivity contribution >= 4 is 32.2 Å². The van der Waals surface area contributed by atoms with Crippen molar-refractivity contribution in [3.05, 3.63) is 42.5 Å². The fourth-order valence-corrected chi connectivity index (χ4v) is 5.44. The van der Waals surface area contributed by atoms with Crippen molar-refractivity contribution in [2.45, 2.75) is 13.3 Å². The summed E-state index contributed by atoms with van der Waals surface area (Å²) in [6, 6.07) is 12.1. The van der Waals surface area contributed by atoms with Crippen molar-refractivity contribution < 1.29 is 12.6 Å². The highest BCUT2D eigenvalue weighted by Crippen LogP contribution is 2.28. The van der Waals surface area contributed by atoms with Crippen molar-refractivity contribution in [1.82, 2.24) is 4.31 Å².